The maximum Gasteiger partial charge on any atom is 0.126 e. The van der Waals surface area contributed by atoms with Crippen LogP contribution in [-0.2, 0) is 17.8 Å². The number of nitrogens with zero attached hydrogens (tertiary/aromatic N) is 1. The van der Waals surface area contributed by atoms with Crippen LogP contribution in [0.25, 0.3) is 0 Å². The summed E-state index contributed by atoms with van der Waals surface area (Å²) >= 11 is 0. The van der Waals surface area contributed by atoms with Crippen molar-refractivity contribution >= 4 is 0 Å². The predicted molar refractivity (Wildman–Crippen MR) is 105 cm³/mol. The third-order valence-corrected chi connectivity index (χ3v) is 4.41. The van der Waals surface area contributed by atoms with Crippen LogP contribution in [0, 0.1) is 19.3 Å². The Morgan fingerprint density at radius 1 is 1.35 bits per heavy atom. The topological polar surface area (TPSA) is 38.8 Å². The highest BCUT2D eigenvalue weighted by atomic mass is 16.5. The van der Waals surface area contributed by atoms with Gasteiger partial charge in [0.25, 0.3) is 0 Å². The number of aromatic nitrogens is 1. The number of hydrogen-bond acceptors (Lipinski definition) is 2. The molecule has 1 aromatic heterocycles. The Balaban J connectivity index is 2.01. The van der Waals surface area contributed by atoms with Crippen molar-refractivity contribution in [2.45, 2.75) is 26.1 Å². The molecule has 0 spiro atoms. The first-order valence-electron chi connectivity index (χ1n) is 8.96. The molecule has 2 rings (SSSR count). The maximum atomic E-state index is 10.2. The Bertz CT molecular complexity index is 730. The second-order valence-electron chi connectivity index (χ2n) is 6.55. The molecule has 1 unspecified atom stereocenters. The molecule has 2 N–H and O–H groups in total. The van der Waals surface area contributed by atoms with Gasteiger partial charge >= 0.3 is 0 Å². The van der Waals surface area contributed by atoms with Crippen LogP contribution in [0.4, 0.5) is 0 Å². The zero-order valence-electron chi connectivity index (χ0n) is 15.5. The lowest BCUT2D eigenvalue weighted by atomic mass is 10.1. The van der Waals surface area contributed by atoms with Crippen molar-refractivity contribution in [2.75, 3.05) is 26.3 Å². The predicted octanol–water partition coefficient (Wildman–Crippen LogP) is 1.43. The highest BCUT2D eigenvalue weighted by molar-refractivity contribution is 5.26. The largest absolute Gasteiger partial charge is 0.385 e. The van der Waals surface area contributed by atoms with Crippen molar-refractivity contribution in [3.8, 4) is 12.3 Å². The van der Waals surface area contributed by atoms with Crippen molar-refractivity contribution in [3.63, 3.8) is 0 Å². The van der Waals surface area contributed by atoms with Gasteiger partial charge in [0.1, 0.15) is 25.8 Å². The highest BCUT2D eigenvalue weighted by Crippen LogP contribution is 2.11. The number of aliphatic hydroxyl groups excluding tert-OH is 1. The summed E-state index contributed by atoms with van der Waals surface area (Å²) in [6.07, 6.45) is 8.62. The first-order chi connectivity index (χ1) is 12.6. The number of aliphatic hydroxyl groups is 1. The van der Waals surface area contributed by atoms with E-state index in [1.165, 1.54) is 21.7 Å². The summed E-state index contributed by atoms with van der Waals surface area (Å²) in [6.45, 7) is 9.51. The Morgan fingerprint density at radius 3 is 2.88 bits per heavy atom. The minimum Gasteiger partial charge on any atom is -0.385 e. The third kappa shape index (κ3) is 6.20. The van der Waals surface area contributed by atoms with Crippen LogP contribution in [0.15, 0.2) is 55.3 Å². The van der Waals surface area contributed by atoms with Gasteiger partial charge in [-0.2, -0.15) is 0 Å². The Labute approximate surface area is 156 Å². The number of benzene rings is 1. The number of hydrogen-bond donors (Lipinski definition) is 2. The van der Waals surface area contributed by atoms with E-state index in [0.717, 1.165) is 19.6 Å². The van der Waals surface area contributed by atoms with Gasteiger partial charge in [-0.1, -0.05) is 36.8 Å². The van der Waals surface area contributed by atoms with E-state index in [4.69, 9.17) is 11.2 Å². The molecule has 0 bridgehead atoms. The molecule has 26 heavy (non-hydrogen) atoms. The highest BCUT2D eigenvalue weighted by Gasteiger charge is 2.16. The summed E-state index contributed by atoms with van der Waals surface area (Å²) in [4.78, 5) is 1.24. The summed E-state index contributed by atoms with van der Waals surface area (Å²) in [6, 6.07) is 12.7. The van der Waals surface area contributed by atoms with E-state index < -0.39 is 6.10 Å². The third-order valence-electron chi connectivity index (χ3n) is 4.41. The number of ether oxygens (including phenoxy) is 1. The van der Waals surface area contributed by atoms with E-state index in [9.17, 15) is 5.11 Å². The van der Waals surface area contributed by atoms with Crippen molar-refractivity contribution in [1.29, 1.82) is 0 Å². The lowest BCUT2D eigenvalue weighted by molar-refractivity contribution is -0.911. The SMILES string of the molecule is C#CCOC[C@@H](O)C[NH+](CC=C)Cc1cccn1Cc1ccccc1C. The van der Waals surface area contributed by atoms with Crippen LogP contribution in [0.1, 0.15) is 16.8 Å². The molecule has 2 aromatic rings. The van der Waals surface area contributed by atoms with Crippen molar-refractivity contribution in [1.82, 2.24) is 4.57 Å². The van der Waals surface area contributed by atoms with E-state index in [-0.39, 0.29) is 13.2 Å². The lowest BCUT2D eigenvalue weighted by Gasteiger charge is -2.22. The average molecular weight is 353 g/mol. The molecule has 2 atom stereocenters. The molecule has 0 amide bonds. The van der Waals surface area contributed by atoms with Crippen LogP contribution >= 0.6 is 0 Å². The molecule has 138 valence electrons. The fourth-order valence-electron chi connectivity index (χ4n) is 3.07. The van der Waals surface area contributed by atoms with Gasteiger partial charge < -0.3 is 19.3 Å². The smallest absolute Gasteiger partial charge is 0.126 e. The first-order valence-corrected chi connectivity index (χ1v) is 8.96. The summed E-state index contributed by atoms with van der Waals surface area (Å²) in [7, 11) is 0. The average Bonchev–Trinajstić information content (AvgIpc) is 3.04. The van der Waals surface area contributed by atoms with Crippen LogP contribution in [0.5, 0.6) is 0 Å². The van der Waals surface area contributed by atoms with Gasteiger partial charge in [-0.15, -0.1) is 6.42 Å². The number of nitrogens with one attached hydrogen (secondary N) is 1. The maximum absolute atomic E-state index is 10.2. The molecule has 0 aliphatic carbocycles. The van der Waals surface area contributed by atoms with Crippen LogP contribution in [-0.4, -0.2) is 42.1 Å². The quantitative estimate of drug-likeness (QED) is 0.364. The van der Waals surface area contributed by atoms with Gasteiger partial charge in [0.2, 0.25) is 0 Å². The summed E-state index contributed by atoms with van der Waals surface area (Å²) in [5.74, 6) is 2.41. The molecule has 0 radical (unpaired) electrons. The molecular formula is C22H29N2O2+. The van der Waals surface area contributed by atoms with E-state index in [1.807, 2.05) is 6.08 Å². The van der Waals surface area contributed by atoms with E-state index in [2.05, 4.69) is 66.6 Å². The van der Waals surface area contributed by atoms with E-state index in [1.54, 1.807) is 0 Å². The minimum absolute atomic E-state index is 0.229. The second kappa shape index (κ2) is 10.6. The minimum atomic E-state index is -0.543. The lowest BCUT2D eigenvalue weighted by Crippen LogP contribution is -3.11. The molecule has 1 heterocycles. The number of aryl methyl sites for hydroxylation is 1. The van der Waals surface area contributed by atoms with Crippen molar-refractivity contribution in [3.05, 3.63) is 72.1 Å². The van der Waals surface area contributed by atoms with Gasteiger partial charge in [-0.05, 0) is 36.3 Å². The van der Waals surface area contributed by atoms with Gasteiger partial charge in [0.05, 0.1) is 18.8 Å². The fourth-order valence-corrected chi connectivity index (χ4v) is 3.07. The van der Waals surface area contributed by atoms with Gasteiger partial charge in [-0.25, -0.2) is 0 Å². The molecule has 4 heteroatoms. The number of terminal acetylenes is 1. The fraction of sp³-hybridized carbons (Fsp3) is 0.364. The van der Waals surface area contributed by atoms with E-state index in [0.29, 0.717) is 6.54 Å². The normalized spacial score (nSPS) is 13.1. The van der Waals surface area contributed by atoms with Crippen LogP contribution < -0.4 is 4.90 Å². The standard InChI is InChI=1S/C22H28N2O2/c1-4-12-23(17-22(25)18-26-14-5-2)16-21-11-8-13-24(21)15-20-10-7-6-9-19(20)3/h2,4,6-11,13,22,25H,1,12,14-18H2,3H3/p+1/t22-/m0/s1. The molecule has 4 nitrogen and oxygen atoms in total. The zero-order chi connectivity index (χ0) is 18.8. The van der Waals surface area contributed by atoms with Crippen molar-refractivity contribution in [2.24, 2.45) is 0 Å². The molecular weight excluding hydrogens is 324 g/mol. The van der Waals surface area contributed by atoms with Gasteiger partial charge in [-0.3, -0.25) is 0 Å². The molecule has 0 saturated carbocycles. The van der Waals surface area contributed by atoms with Gasteiger partial charge in [0.15, 0.2) is 0 Å². The number of rotatable bonds is 11. The van der Waals surface area contributed by atoms with E-state index >= 15 is 0 Å². The second-order valence-corrected chi connectivity index (χ2v) is 6.55. The monoisotopic (exact) mass is 353 g/mol. The van der Waals surface area contributed by atoms with Crippen molar-refractivity contribution < 1.29 is 14.7 Å². The Hall–Kier alpha value is -2.32. The van der Waals surface area contributed by atoms with Crippen LogP contribution in [0.2, 0.25) is 0 Å². The molecule has 0 aliphatic heterocycles. The molecule has 0 fully saturated rings. The van der Waals surface area contributed by atoms with Gasteiger partial charge in [0, 0.05) is 12.7 Å². The molecule has 0 aliphatic rings. The zero-order valence-corrected chi connectivity index (χ0v) is 15.5. The molecule has 1 aromatic carbocycles. The summed E-state index contributed by atoms with van der Waals surface area (Å²) in [5, 5.41) is 10.2. The Kier molecular flexibility index (Phi) is 8.17. The first kappa shape index (κ1) is 20.0. The number of quaternary nitrogens is 1. The summed E-state index contributed by atoms with van der Waals surface area (Å²) < 4.78 is 7.51. The van der Waals surface area contributed by atoms with Crippen LogP contribution in [0.3, 0.4) is 0 Å². The Morgan fingerprint density at radius 2 is 2.15 bits per heavy atom. The molecule has 0 saturated heterocycles. The summed E-state index contributed by atoms with van der Waals surface area (Å²) in [5.41, 5.74) is 3.85.